The lowest BCUT2D eigenvalue weighted by Crippen LogP contribution is -2.20. The number of rotatable bonds is 6. The zero-order valence-electron chi connectivity index (χ0n) is 14.9. The van der Waals surface area contributed by atoms with Gasteiger partial charge in [0.05, 0.1) is 7.11 Å². The average molecular weight is 384 g/mol. The molecule has 1 aromatic heterocycles. The van der Waals surface area contributed by atoms with Crippen molar-refractivity contribution in [2.45, 2.75) is 6.92 Å². The number of halogens is 1. The Morgan fingerprint density at radius 3 is 2.44 bits per heavy atom. The maximum Gasteiger partial charge on any atom is 0.262 e. The Balaban J connectivity index is 1.64. The number of amides is 1. The third-order valence-electron chi connectivity index (χ3n) is 3.66. The Kier molecular flexibility index (Phi) is 5.88. The van der Waals surface area contributed by atoms with E-state index < -0.39 is 0 Å². The van der Waals surface area contributed by atoms with Gasteiger partial charge in [0.1, 0.15) is 5.75 Å². The van der Waals surface area contributed by atoms with Crippen LogP contribution in [-0.4, -0.2) is 29.6 Å². The van der Waals surface area contributed by atoms with Crippen LogP contribution in [0.3, 0.4) is 0 Å². The van der Waals surface area contributed by atoms with Gasteiger partial charge >= 0.3 is 0 Å². The first-order chi connectivity index (χ1) is 13.0. The second-order valence-electron chi connectivity index (χ2n) is 5.74. The SMILES string of the molecule is COc1ccc(NC(=O)COc2cc(C)nc(-c3ccc(Cl)cc3)n2)cc1. The van der Waals surface area contributed by atoms with Crippen LogP contribution in [0.25, 0.3) is 11.4 Å². The van der Waals surface area contributed by atoms with Crippen molar-refractivity contribution in [3.63, 3.8) is 0 Å². The van der Waals surface area contributed by atoms with Crippen LogP contribution in [0.5, 0.6) is 11.6 Å². The molecule has 3 aromatic rings. The van der Waals surface area contributed by atoms with Gasteiger partial charge in [0.15, 0.2) is 12.4 Å². The summed E-state index contributed by atoms with van der Waals surface area (Å²) < 4.78 is 10.6. The highest BCUT2D eigenvalue weighted by Crippen LogP contribution is 2.21. The summed E-state index contributed by atoms with van der Waals surface area (Å²) >= 11 is 5.91. The van der Waals surface area contributed by atoms with Crippen LogP contribution in [-0.2, 0) is 4.79 Å². The number of carbonyl (C=O) groups excluding carboxylic acids is 1. The normalized spacial score (nSPS) is 10.3. The highest BCUT2D eigenvalue weighted by Gasteiger charge is 2.09. The number of nitrogens with zero attached hydrogens (tertiary/aromatic N) is 2. The second-order valence-corrected chi connectivity index (χ2v) is 6.18. The number of ether oxygens (including phenoxy) is 2. The van der Waals surface area contributed by atoms with Gasteiger partial charge in [-0.25, -0.2) is 4.98 Å². The standard InChI is InChI=1S/C20H18ClN3O3/c1-13-11-19(24-20(22-13)14-3-5-15(21)6-4-14)27-12-18(25)23-16-7-9-17(26-2)10-8-16/h3-11H,12H2,1-2H3,(H,23,25). The van der Waals surface area contributed by atoms with Crippen molar-refractivity contribution >= 4 is 23.2 Å². The van der Waals surface area contributed by atoms with Crippen molar-refractivity contribution in [2.75, 3.05) is 19.0 Å². The number of aromatic nitrogens is 2. The topological polar surface area (TPSA) is 73.3 Å². The lowest BCUT2D eigenvalue weighted by Gasteiger charge is -2.09. The molecule has 6 nitrogen and oxygen atoms in total. The fourth-order valence-corrected chi connectivity index (χ4v) is 2.48. The summed E-state index contributed by atoms with van der Waals surface area (Å²) in [5.41, 5.74) is 2.21. The Morgan fingerprint density at radius 2 is 1.78 bits per heavy atom. The number of methoxy groups -OCH3 is 1. The summed E-state index contributed by atoms with van der Waals surface area (Å²) in [5.74, 6) is 1.27. The molecule has 3 rings (SSSR count). The average Bonchev–Trinajstić information content (AvgIpc) is 2.67. The fourth-order valence-electron chi connectivity index (χ4n) is 2.35. The molecule has 0 fully saturated rings. The van der Waals surface area contributed by atoms with Crippen molar-refractivity contribution in [3.05, 3.63) is 65.3 Å². The van der Waals surface area contributed by atoms with E-state index in [0.717, 1.165) is 17.0 Å². The Labute approximate surface area is 162 Å². The van der Waals surface area contributed by atoms with Crippen LogP contribution in [0.1, 0.15) is 5.69 Å². The van der Waals surface area contributed by atoms with Gasteiger partial charge in [0, 0.05) is 28.0 Å². The van der Waals surface area contributed by atoms with Gasteiger partial charge in [0.25, 0.3) is 5.91 Å². The molecule has 1 amide bonds. The Morgan fingerprint density at radius 1 is 1.07 bits per heavy atom. The van der Waals surface area contributed by atoms with Crippen molar-refractivity contribution in [1.82, 2.24) is 9.97 Å². The molecule has 1 heterocycles. The van der Waals surface area contributed by atoms with E-state index in [1.54, 1.807) is 49.6 Å². The zero-order valence-corrected chi connectivity index (χ0v) is 15.7. The fraction of sp³-hybridized carbons (Fsp3) is 0.150. The van der Waals surface area contributed by atoms with Gasteiger partial charge < -0.3 is 14.8 Å². The van der Waals surface area contributed by atoms with Crippen molar-refractivity contribution in [3.8, 4) is 23.0 Å². The highest BCUT2D eigenvalue weighted by molar-refractivity contribution is 6.30. The number of carbonyl (C=O) groups is 1. The summed E-state index contributed by atoms with van der Waals surface area (Å²) in [6, 6.07) is 15.9. The predicted molar refractivity (Wildman–Crippen MR) is 104 cm³/mol. The Hall–Kier alpha value is -3.12. The van der Waals surface area contributed by atoms with Crippen molar-refractivity contribution in [1.29, 1.82) is 0 Å². The van der Waals surface area contributed by atoms with Gasteiger partial charge in [-0.1, -0.05) is 11.6 Å². The van der Waals surface area contributed by atoms with Crippen LogP contribution in [0.2, 0.25) is 5.02 Å². The maximum absolute atomic E-state index is 12.1. The molecule has 0 saturated carbocycles. The molecule has 0 unspecified atom stereocenters. The minimum Gasteiger partial charge on any atom is -0.497 e. The third kappa shape index (κ3) is 5.18. The van der Waals surface area contributed by atoms with Crippen LogP contribution in [0.4, 0.5) is 5.69 Å². The van der Waals surface area contributed by atoms with E-state index in [0.29, 0.717) is 22.4 Å². The van der Waals surface area contributed by atoms with Crippen LogP contribution < -0.4 is 14.8 Å². The third-order valence-corrected chi connectivity index (χ3v) is 3.91. The first-order valence-corrected chi connectivity index (χ1v) is 8.59. The van der Waals surface area contributed by atoms with E-state index in [1.165, 1.54) is 0 Å². The molecule has 0 atom stereocenters. The van der Waals surface area contributed by atoms with Gasteiger partial charge in [-0.15, -0.1) is 0 Å². The van der Waals surface area contributed by atoms with Gasteiger partial charge in [-0.2, -0.15) is 4.98 Å². The number of nitrogens with one attached hydrogen (secondary N) is 1. The zero-order chi connectivity index (χ0) is 19.2. The molecule has 0 aliphatic carbocycles. The number of hydrogen-bond acceptors (Lipinski definition) is 5. The molecule has 1 N–H and O–H groups in total. The van der Waals surface area contributed by atoms with Gasteiger partial charge in [0.2, 0.25) is 5.88 Å². The molecule has 0 saturated heterocycles. The lowest BCUT2D eigenvalue weighted by molar-refractivity contribution is -0.118. The molecular weight excluding hydrogens is 366 g/mol. The smallest absolute Gasteiger partial charge is 0.262 e. The predicted octanol–water partition coefficient (Wildman–Crippen LogP) is 4.13. The molecule has 2 aromatic carbocycles. The monoisotopic (exact) mass is 383 g/mol. The molecule has 138 valence electrons. The van der Waals surface area contributed by atoms with Crippen molar-refractivity contribution < 1.29 is 14.3 Å². The number of aryl methyl sites for hydroxylation is 1. The molecule has 0 radical (unpaired) electrons. The molecule has 0 aliphatic heterocycles. The summed E-state index contributed by atoms with van der Waals surface area (Å²) in [6.07, 6.45) is 0. The number of hydrogen-bond donors (Lipinski definition) is 1. The summed E-state index contributed by atoms with van der Waals surface area (Å²) in [6.45, 7) is 1.67. The molecule has 7 heteroatoms. The van der Waals surface area contributed by atoms with E-state index in [-0.39, 0.29) is 12.5 Å². The van der Waals surface area contributed by atoms with Gasteiger partial charge in [-0.3, -0.25) is 4.79 Å². The summed E-state index contributed by atoms with van der Waals surface area (Å²) in [4.78, 5) is 20.9. The maximum atomic E-state index is 12.1. The van der Waals surface area contributed by atoms with E-state index in [9.17, 15) is 4.79 Å². The first-order valence-electron chi connectivity index (χ1n) is 8.22. The molecular formula is C20H18ClN3O3. The van der Waals surface area contributed by atoms with E-state index in [1.807, 2.05) is 19.1 Å². The summed E-state index contributed by atoms with van der Waals surface area (Å²) in [7, 11) is 1.59. The second kappa shape index (κ2) is 8.51. The molecule has 0 spiro atoms. The van der Waals surface area contributed by atoms with E-state index in [2.05, 4.69) is 15.3 Å². The summed E-state index contributed by atoms with van der Waals surface area (Å²) in [5, 5.41) is 3.39. The largest absolute Gasteiger partial charge is 0.497 e. The van der Waals surface area contributed by atoms with Crippen LogP contribution in [0.15, 0.2) is 54.6 Å². The minimum absolute atomic E-state index is 0.164. The van der Waals surface area contributed by atoms with Gasteiger partial charge in [-0.05, 0) is 55.5 Å². The highest BCUT2D eigenvalue weighted by atomic mass is 35.5. The van der Waals surface area contributed by atoms with Crippen molar-refractivity contribution in [2.24, 2.45) is 0 Å². The first kappa shape index (κ1) is 18.7. The van der Waals surface area contributed by atoms with Crippen LogP contribution in [0, 0.1) is 6.92 Å². The lowest BCUT2D eigenvalue weighted by atomic mass is 10.2. The minimum atomic E-state index is -0.288. The molecule has 0 aliphatic rings. The number of benzene rings is 2. The van der Waals surface area contributed by atoms with Crippen LogP contribution >= 0.6 is 11.6 Å². The molecule has 0 bridgehead atoms. The van der Waals surface area contributed by atoms with E-state index >= 15 is 0 Å². The number of anilines is 1. The molecule has 27 heavy (non-hydrogen) atoms. The Bertz CT molecular complexity index is 928. The quantitative estimate of drug-likeness (QED) is 0.692. The van der Waals surface area contributed by atoms with E-state index in [4.69, 9.17) is 21.1 Å².